The number of carboxylic acid groups (broad SMARTS) is 1. The number of carbonyl (C=O) groups excluding carboxylic acids is 2. The standard InChI is InChI=1S/C14H10O4.Na/c15-13(16)10-6-8-12(9-7-10)18-14(17)11-4-2-1-3-5-11;/h1-9H,(H,15,16);/q;+1/p-1. The first kappa shape index (κ1) is 15.4. The maximum absolute atomic E-state index is 11.7. The third kappa shape index (κ3) is 4.21. The van der Waals surface area contributed by atoms with Gasteiger partial charge >= 0.3 is 35.5 Å². The summed E-state index contributed by atoms with van der Waals surface area (Å²) in [6.45, 7) is 0. The van der Waals surface area contributed by atoms with Gasteiger partial charge in [-0.1, -0.05) is 18.2 Å². The molecular formula is C14H9NaO4. The number of rotatable bonds is 3. The molecule has 0 bridgehead atoms. The molecule has 0 spiro atoms. The monoisotopic (exact) mass is 264 g/mol. The van der Waals surface area contributed by atoms with Crippen molar-refractivity contribution in [3.05, 3.63) is 65.7 Å². The molecule has 5 heteroatoms. The van der Waals surface area contributed by atoms with E-state index in [1.54, 1.807) is 30.3 Å². The molecule has 90 valence electrons. The van der Waals surface area contributed by atoms with E-state index in [2.05, 4.69) is 0 Å². The Morgan fingerprint density at radius 3 is 1.95 bits per heavy atom. The number of benzene rings is 2. The summed E-state index contributed by atoms with van der Waals surface area (Å²) in [5.74, 6) is -1.47. The van der Waals surface area contributed by atoms with Crippen molar-refractivity contribution in [3.8, 4) is 5.75 Å². The van der Waals surface area contributed by atoms with Crippen LogP contribution in [0.5, 0.6) is 5.75 Å². The van der Waals surface area contributed by atoms with Crippen LogP contribution in [0.4, 0.5) is 0 Å². The predicted octanol–water partition coefficient (Wildman–Crippen LogP) is -1.73. The maximum Gasteiger partial charge on any atom is 1.00 e. The second-order valence-corrected chi connectivity index (χ2v) is 3.57. The van der Waals surface area contributed by atoms with Crippen molar-refractivity contribution < 1.29 is 49.0 Å². The minimum Gasteiger partial charge on any atom is -0.545 e. The van der Waals surface area contributed by atoms with E-state index in [9.17, 15) is 14.7 Å². The molecule has 0 N–H and O–H groups in total. The molecule has 2 aromatic carbocycles. The van der Waals surface area contributed by atoms with Gasteiger partial charge in [-0.3, -0.25) is 0 Å². The van der Waals surface area contributed by atoms with Crippen molar-refractivity contribution in [3.63, 3.8) is 0 Å². The minimum atomic E-state index is -1.27. The van der Waals surface area contributed by atoms with Crippen molar-refractivity contribution >= 4 is 11.9 Å². The third-order valence-electron chi connectivity index (χ3n) is 2.31. The molecule has 2 aromatic rings. The van der Waals surface area contributed by atoms with Crippen molar-refractivity contribution in [2.45, 2.75) is 0 Å². The largest absolute Gasteiger partial charge is 1.00 e. The van der Waals surface area contributed by atoms with Gasteiger partial charge in [-0.25, -0.2) is 4.79 Å². The maximum atomic E-state index is 11.7. The van der Waals surface area contributed by atoms with E-state index >= 15 is 0 Å². The fraction of sp³-hybridized carbons (Fsp3) is 0. The molecule has 0 atom stereocenters. The molecule has 0 heterocycles. The first-order valence-corrected chi connectivity index (χ1v) is 5.25. The van der Waals surface area contributed by atoms with Crippen LogP contribution in [0.3, 0.4) is 0 Å². The summed E-state index contributed by atoms with van der Waals surface area (Å²) in [5, 5.41) is 10.5. The summed E-state index contributed by atoms with van der Waals surface area (Å²) in [6, 6.07) is 14.0. The summed E-state index contributed by atoms with van der Waals surface area (Å²) in [7, 11) is 0. The van der Waals surface area contributed by atoms with Gasteiger partial charge in [0.25, 0.3) is 0 Å². The smallest absolute Gasteiger partial charge is 0.545 e. The molecule has 19 heavy (non-hydrogen) atoms. The fourth-order valence-electron chi connectivity index (χ4n) is 1.40. The van der Waals surface area contributed by atoms with Gasteiger partial charge in [0.05, 0.1) is 11.5 Å². The van der Waals surface area contributed by atoms with Crippen LogP contribution >= 0.6 is 0 Å². The molecule has 0 saturated heterocycles. The Balaban J connectivity index is 0.00000180. The number of carboxylic acids is 1. The van der Waals surface area contributed by atoms with E-state index < -0.39 is 11.9 Å². The zero-order valence-corrected chi connectivity index (χ0v) is 12.3. The molecule has 2 rings (SSSR count). The van der Waals surface area contributed by atoms with E-state index in [-0.39, 0.29) is 40.9 Å². The summed E-state index contributed by atoms with van der Waals surface area (Å²) in [5.41, 5.74) is 0.469. The van der Waals surface area contributed by atoms with Crippen LogP contribution in [0.1, 0.15) is 20.7 Å². The molecule has 0 radical (unpaired) electrons. The van der Waals surface area contributed by atoms with Gasteiger partial charge in [0.15, 0.2) is 0 Å². The zero-order valence-electron chi connectivity index (χ0n) is 10.3. The topological polar surface area (TPSA) is 66.4 Å². The van der Waals surface area contributed by atoms with Crippen LogP contribution in [0.2, 0.25) is 0 Å². The van der Waals surface area contributed by atoms with Gasteiger partial charge in [0.2, 0.25) is 0 Å². The summed E-state index contributed by atoms with van der Waals surface area (Å²) in [4.78, 5) is 22.2. The van der Waals surface area contributed by atoms with Crippen molar-refractivity contribution in [2.75, 3.05) is 0 Å². The number of carbonyl (C=O) groups is 2. The molecular weight excluding hydrogens is 255 g/mol. The second kappa shape index (κ2) is 7.09. The molecule has 0 saturated carbocycles. The molecule has 4 nitrogen and oxygen atoms in total. The van der Waals surface area contributed by atoms with Gasteiger partial charge in [-0.2, -0.15) is 0 Å². The van der Waals surface area contributed by atoms with Crippen LogP contribution in [-0.2, 0) is 0 Å². The molecule has 0 aliphatic carbocycles. The van der Waals surface area contributed by atoms with Gasteiger partial charge in [-0.15, -0.1) is 0 Å². The average Bonchev–Trinajstić information content (AvgIpc) is 2.40. The first-order chi connectivity index (χ1) is 8.66. The second-order valence-electron chi connectivity index (χ2n) is 3.57. The van der Waals surface area contributed by atoms with Crippen molar-refractivity contribution in [2.24, 2.45) is 0 Å². The van der Waals surface area contributed by atoms with E-state index in [4.69, 9.17) is 4.74 Å². The first-order valence-electron chi connectivity index (χ1n) is 5.25. The van der Waals surface area contributed by atoms with Gasteiger partial charge < -0.3 is 14.6 Å². The minimum absolute atomic E-state index is 0. The van der Waals surface area contributed by atoms with Crippen molar-refractivity contribution in [1.29, 1.82) is 0 Å². The van der Waals surface area contributed by atoms with Gasteiger partial charge in [0.1, 0.15) is 5.75 Å². The van der Waals surface area contributed by atoms with Crippen molar-refractivity contribution in [1.82, 2.24) is 0 Å². The Labute approximate surface area is 132 Å². The summed E-state index contributed by atoms with van der Waals surface area (Å²) < 4.78 is 5.08. The molecule has 0 aliphatic heterocycles. The Bertz CT molecular complexity index is 564. The molecule has 0 fully saturated rings. The molecule has 0 aliphatic rings. The molecule has 0 unspecified atom stereocenters. The number of aromatic carboxylic acids is 1. The Hall–Kier alpha value is -1.62. The number of hydrogen-bond acceptors (Lipinski definition) is 4. The SMILES string of the molecule is O=C([O-])c1ccc(OC(=O)c2ccccc2)cc1.[Na+]. The number of ether oxygens (including phenoxy) is 1. The van der Waals surface area contributed by atoms with E-state index in [0.29, 0.717) is 5.56 Å². The summed E-state index contributed by atoms with van der Waals surface area (Å²) >= 11 is 0. The van der Waals surface area contributed by atoms with Crippen LogP contribution in [-0.4, -0.2) is 11.9 Å². The van der Waals surface area contributed by atoms with E-state index in [1.165, 1.54) is 24.3 Å². The van der Waals surface area contributed by atoms with E-state index in [0.717, 1.165) is 0 Å². The fourth-order valence-corrected chi connectivity index (χ4v) is 1.40. The van der Waals surface area contributed by atoms with Crippen LogP contribution in [0, 0.1) is 0 Å². The van der Waals surface area contributed by atoms with Gasteiger partial charge in [-0.05, 0) is 42.0 Å². The Morgan fingerprint density at radius 1 is 0.842 bits per heavy atom. The predicted molar refractivity (Wildman–Crippen MR) is 62.2 cm³/mol. The third-order valence-corrected chi connectivity index (χ3v) is 2.31. The van der Waals surface area contributed by atoms with Gasteiger partial charge in [0, 0.05) is 0 Å². The normalized spacial score (nSPS) is 9.26. The average molecular weight is 264 g/mol. The van der Waals surface area contributed by atoms with E-state index in [1.807, 2.05) is 0 Å². The Kier molecular flexibility index (Phi) is 5.76. The number of esters is 1. The van der Waals surface area contributed by atoms with Crippen LogP contribution < -0.4 is 39.4 Å². The quantitative estimate of drug-likeness (QED) is 0.375. The Morgan fingerprint density at radius 2 is 1.42 bits per heavy atom. The zero-order chi connectivity index (χ0) is 13.0. The molecule has 0 aromatic heterocycles. The van der Waals surface area contributed by atoms with Crippen LogP contribution in [0.25, 0.3) is 0 Å². The van der Waals surface area contributed by atoms with Crippen LogP contribution in [0.15, 0.2) is 54.6 Å². The number of hydrogen-bond donors (Lipinski definition) is 0. The summed E-state index contributed by atoms with van der Waals surface area (Å²) in [6.07, 6.45) is 0. The molecule has 0 amide bonds.